The Bertz CT molecular complexity index is 786. The molecule has 0 spiro atoms. The SMILES string of the molecule is Nc1cc(Br)cc2nc(-c3cccc(Br)c3F)oc12. The molecular formula is C13H7Br2FN2O. The molecule has 0 fully saturated rings. The molecule has 0 saturated heterocycles. The van der Waals surface area contributed by atoms with E-state index in [2.05, 4.69) is 36.8 Å². The molecule has 1 heterocycles. The summed E-state index contributed by atoms with van der Waals surface area (Å²) in [6.07, 6.45) is 0. The maximum Gasteiger partial charge on any atom is 0.230 e. The number of anilines is 1. The summed E-state index contributed by atoms with van der Waals surface area (Å²) in [5.74, 6) is -0.203. The number of hydrogen-bond acceptors (Lipinski definition) is 3. The van der Waals surface area contributed by atoms with E-state index in [9.17, 15) is 4.39 Å². The molecule has 3 nitrogen and oxygen atoms in total. The normalized spacial score (nSPS) is 11.1. The van der Waals surface area contributed by atoms with Gasteiger partial charge in [0.2, 0.25) is 5.89 Å². The summed E-state index contributed by atoms with van der Waals surface area (Å²) < 4.78 is 20.7. The van der Waals surface area contributed by atoms with Crippen molar-refractivity contribution in [3.8, 4) is 11.5 Å². The van der Waals surface area contributed by atoms with Crippen LogP contribution >= 0.6 is 31.9 Å². The van der Waals surface area contributed by atoms with Crippen LogP contribution in [0.4, 0.5) is 10.1 Å². The van der Waals surface area contributed by atoms with E-state index in [0.29, 0.717) is 26.8 Å². The van der Waals surface area contributed by atoms with Crippen molar-refractivity contribution in [2.45, 2.75) is 0 Å². The van der Waals surface area contributed by atoms with Crippen LogP contribution in [0.15, 0.2) is 43.7 Å². The van der Waals surface area contributed by atoms with Gasteiger partial charge in [-0.15, -0.1) is 0 Å². The topological polar surface area (TPSA) is 52.0 Å². The van der Waals surface area contributed by atoms with Gasteiger partial charge in [0.25, 0.3) is 0 Å². The summed E-state index contributed by atoms with van der Waals surface area (Å²) in [5.41, 5.74) is 7.64. The maximum absolute atomic E-state index is 14.0. The van der Waals surface area contributed by atoms with E-state index >= 15 is 0 Å². The Morgan fingerprint density at radius 1 is 1.21 bits per heavy atom. The lowest BCUT2D eigenvalue weighted by Crippen LogP contribution is -1.85. The Balaban J connectivity index is 2.26. The molecule has 0 unspecified atom stereocenters. The lowest BCUT2D eigenvalue weighted by Gasteiger charge is -1.99. The maximum atomic E-state index is 14.0. The Hall–Kier alpha value is -1.40. The van der Waals surface area contributed by atoms with Gasteiger partial charge in [0.15, 0.2) is 5.58 Å². The lowest BCUT2D eigenvalue weighted by atomic mass is 10.2. The molecule has 0 radical (unpaired) electrons. The van der Waals surface area contributed by atoms with Gasteiger partial charge in [-0.2, -0.15) is 0 Å². The molecular weight excluding hydrogens is 379 g/mol. The molecule has 0 aliphatic carbocycles. The first-order valence-corrected chi connectivity index (χ1v) is 6.95. The summed E-state index contributed by atoms with van der Waals surface area (Å²) in [6, 6.07) is 8.43. The first-order valence-electron chi connectivity index (χ1n) is 5.36. The molecule has 2 aromatic carbocycles. The summed E-state index contributed by atoms with van der Waals surface area (Å²) in [4.78, 5) is 4.27. The first-order chi connectivity index (χ1) is 9.06. The van der Waals surface area contributed by atoms with Crippen molar-refractivity contribution >= 4 is 48.6 Å². The van der Waals surface area contributed by atoms with E-state index in [1.807, 2.05) is 0 Å². The second kappa shape index (κ2) is 4.61. The number of hydrogen-bond donors (Lipinski definition) is 1. The highest BCUT2D eigenvalue weighted by Gasteiger charge is 2.16. The molecule has 3 rings (SSSR count). The molecule has 0 aliphatic heterocycles. The predicted molar refractivity (Wildman–Crippen MR) is 79.2 cm³/mol. The Morgan fingerprint density at radius 2 is 2.00 bits per heavy atom. The number of oxazole rings is 1. The van der Waals surface area contributed by atoms with Gasteiger partial charge in [-0.1, -0.05) is 22.0 Å². The highest BCUT2D eigenvalue weighted by molar-refractivity contribution is 9.10. The average Bonchev–Trinajstić information content (AvgIpc) is 2.76. The number of nitrogens with zero attached hydrogens (tertiary/aromatic N) is 1. The molecule has 19 heavy (non-hydrogen) atoms. The smallest absolute Gasteiger partial charge is 0.230 e. The van der Waals surface area contributed by atoms with Gasteiger partial charge in [-0.25, -0.2) is 9.37 Å². The van der Waals surface area contributed by atoms with Crippen molar-refractivity contribution in [2.24, 2.45) is 0 Å². The monoisotopic (exact) mass is 384 g/mol. The zero-order valence-corrected chi connectivity index (χ0v) is 12.6. The molecule has 0 amide bonds. The summed E-state index contributed by atoms with van der Waals surface area (Å²) in [7, 11) is 0. The lowest BCUT2D eigenvalue weighted by molar-refractivity contribution is 0.591. The average molecular weight is 386 g/mol. The van der Waals surface area contributed by atoms with E-state index in [1.165, 1.54) is 0 Å². The molecule has 2 N–H and O–H groups in total. The van der Waals surface area contributed by atoms with Gasteiger partial charge in [-0.05, 0) is 40.2 Å². The molecule has 6 heteroatoms. The Kier molecular flexibility index (Phi) is 3.06. The van der Waals surface area contributed by atoms with Crippen LogP contribution in [-0.2, 0) is 0 Å². The van der Waals surface area contributed by atoms with Crippen molar-refractivity contribution in [2.75, 3.05) is 5.73 Å². The van der Waals surface area contributed by atoms with Crippen LogP contribution < -0.4 is 5.73 Å². The van der Waals surface area contributed by atoms with Gasteiger partial charge in [0.05, 0.1) is 15.7 Å². The minimum Gasteiger partial charge on any atom is -0.434 e. The van der Waals surface area contributed by atoms with Gasteiger partial charge >= 0.3 is 0 Å². The minimum atomic E-state index is -0.410. The number of nitrogens with two attached hydrogens (primary N) is 1. The van der Waals surface area contributed by atoms with Crippen LogP contribution in [0.25, 0.3) is 22.6 Å². The van der Waals surface area contributed by atoms with E-state index in [-0.39, 0.29) is 5.89 Å². The third kappa shape index (κ3) is 2.15. The second-order valence-corrected chi connectivity index (χ2v) is 5.73. The van der Waals surface area contributed by atoms with Crippen molar-refractivity contribution in [3.05, 3.63) is 45.1 Å². The fourth-order valence-corrected chi connectivity index (χ4v) is 2.64. The van der Waals surface area contributed by atoms with Crippen molar-refractivity contribution in [1.82, 2.24) is 4.98 Å². The zero-order chi connectivity index (χ0) is 13.6. The Morgan fingerprint density at radius 3 is 2.79 bits per heavy atom. The summed E-state index contributed by atoms with van der Waals surface area (Å²) >= 11 is 6.47. The van der Waals surface area contributed by atoms with Crippen LogP contribution in [0.1, 0.15) is 0 Å². The predicted octanol–water partition coefficient (Wildman–Crippen LogP) is 4.74. The third-order valence-corrected chi connectivity index (χ3v) is 3.74. The van der Waals surface area contributed by atoms with Crippen molar-refractivity contribution < 1.29 is 8.81 Å². The van der Waals surface area contributed by atoms with E-state index < -0.39 is 5.82 Å². The van der Waals surface area contributed by atoms with Crippen LogP contribution in [0.5, 0.6) is 0 Å². The first kappa shape index (κ1) is 12.6. The number of aromatic nitrogens is 1. The zero-order valence-electron chi connectivity index (χ0n) is 9.45. The number of rotatable bonds is 1. The van der Waals surface area contributed by atoms with Crippen LogP contribution in [0, 0.1) is 5.82 Å². The molecule has 0 saturated carbocycles. The van der Waals surface area contributed by atoms with E-state index in [0.717, 1.165) is 4.47 Å². The van der Waals surface area contributed by atoms with E-state index in [4.69, 9.17) is 10.2 Å². The van der Waals surface area contributed by atoms with Gasteiger partial charge < -0.3 is 10.2 Å². The quantitative estimate of drug-likeness (QED) is 0.615. The molecule has 3 aromatic rings. The molecule has 96 valence electrons. The summed E-state index contributed by atoms with van der Waals surface area (Å²) in [6.45, 7) is 0. The molecule has 0 aliphatic rings. The molecule has 0 atom stereocenters. The molecule has 0 bridgehead atoms. The Labute approximate surface area is 124 Å². The number of nitrogen functional groups attached to an aromatic ring is 1. The third-order valence-electron chi connectivity index (χ3n) is 2.67. The van der Waals surface area contributed by atoms with Gasteiger partial charge in [0, 0.05) is 4.47 Å². The van der Waals surface area contributed by atoms with Crippen molar-refractivity contribution in [3.63, 3.8) is 0 Å². The van der Waals surface area contributed by atoms with Crippen LogP contribution in [-0.4, -0.2) is 4.98 Å². The largest absolute Gasteiger partial charge is 0.434 e. The summed E-state index contributed by atoms with van der Waals surface area (Å²) in [5, 5.41) is 0. The van der Waals surface area contributed by atoms with Gasteiger partial charge in [-0.3, -0.25) is 0 Å². The van der Waals surface area contributed by atoms with E-state index in [1.54, 1.807) is 30.3 Å². The van der Waals surface area contributed by atoms with Crippen LogP contribution in [0.3, 0.4) is 0 Å². The number of fused-ring (bicyclic) bond motifs is 1. The molecule has 1 aromatic heterocycles. The van der Waals surface area contributed by atoms with Gasteiger partial charge in [0.1, 0.15) is 11.3 Å². The fraction of sp³-hybridized carbons (Fsp3) is 0. The highest BCUT2D eigenvalue weighted by Crippen LogP contribution is 2.33. The highest BCUT2D eigenvalue weighted by atomic mass is 79.9. The standard InChI is InChI=1S/C13H7Br2FN2O/c14-6-4-9(17)12-10(5-6)18-13(19-12)7-2-1-3-8(15)11(7)16/h1-5H,17H2. The number of benzene rings is 2. The fourth-order valence-electron chi connectivity index (χ4n) is 1.81. The minimum absolute atomic E-state index is 0.207. The second-order valence-electron chi connectivity index (χ2n) is 3.96. The van der Waals surface area contributed by atoms with Crippen molar-refractivity contribution in [1.29, 1.82) is 0 Å². The number of halogens is 3. The van der Waals surface area contributed by atoms with Crippen LogP contribution in [0.2, 0.25) is 0 Å².